The van der Waals surface area contributed by atoms with Crippen LogP contribution in [0.4, 0.5) is 23.2 Å². The number of benzene rings is 3. The summed E-state index contributed by atoms with van der Waals surface area (Å²) in [5, 5.41) is 15.4. The van der Waals surface area contributed by atoms with Gasteiger partial charge < -0.3 is 15.1 Å². The van der Waals surface area contributed by atoms with E-state index >= 15 is 4.39 Å². The number of nitrogens with one attached hydrogen (secondary N) is 3. The Kier molecular flexibility index (Phi) is 12.5. The number of anilines is 1. The Morgan fingerprint density at radius 3 is 2.19 bits per heavy atom. The number of nitrogens with zero attached hydrogens (tertiary/aromatic N) is 8. The number of carbonyl (C=O) groups is 5. The summed E-state index contributed by atoms with van der Waals surface area (Å²) in [6.07, 6.45) is 0.246. The van der Waals surface area contributed by atoms with Gasteiger partial charge in [-0.3, -0.25) is 44.2 Å². The summed E-state index contributed by atoms with van der Waals surface area (Å²) >= 11 is 0. The average molecular weight is 938 g/mol. The Hall–Kier alpha value is -6.80. The van der Waals surface area contributed by atoms with Crippen molar-refractivity contribution >= 4 is 35.2 Å². The SMILES string of the molecule is Cc1cc(-c2ccc(CN3CCN(CC4CCN(c5cc6c(cc5F)C(=O)N(C5CCC(=O)NC5=O)C6=O)CC4)CC3)cc2)ccc1-n1cc(C(=O)NCc2nc(C(C)(C)C(F)(F)F)n[nH]2)cn1. The van der Waals surface area contributed by atoms with Crippen LogP contribution in [0.5, 0.6) is 0 Å². The Morgan fingerprint density at radius 1 is 0.838 bits per heavy atom. The Bertz CT molecular complexity index is 2770. The van der Waals surface area contributed by atoms with Crippen molar-refractivity contribution in [1.29, 1.82) is 0 Å². The average Bonchev–Trinajstić information content (AvgIpc) is 4.06. The molecule has 0 saturated carbocycles. The number of amides is 5. The molecule has 5 amide bonds. The molecule has 0 bridgehead atoms. The normalized spacial score (nSPS) is 18.9. The molecule has 4 aliphatic rings. The van der Waals surface area contributed by atoms with Crippen molar-refractivity contribution in [3.8, 4) is 16.8 Å². The first kappa shape index (κ1) is 46.3. The van der Waals surface area contributed by atoms with Gasteiger partial charge in [-0.05, 0) is 92.5 Å². The molecule has 0 spiro atoms. The van der Waals surface area contributed by atoms with E-state index in [1.165, 1.54) is 17.8 Å². The lowest BCUT2D eigenvalue weighted by Gasteiger charge is -2.39. The summed E-state index contributed by atoms with van der Waals surface area (Å²) in [4.78, 5) is 75.1. The summed E-state index contributed by atoms with van der Waals surface area (Å²) in [5.41, 5.74) is 3.35. The third-order valence-corrected chi connectivity index (χ3v) is 13.6. The number of aromatic nitrogens is 5. The van der Waals surface area contributed by atoms with Crippen LogP contribution in [-0.2, 0) is 28.1 Å². The van der Waals surface area contributed by atoms with Gasteiger partial charge in [-0.1, -0.05) is 30.3 Å². The van der Waals surface area contributed by atoms with E-state index < -0.39 is 58.8 Å². The van der Waals surface area contributed by atoms with Crippen LogP contribution >= 0.6 is 0 Å². The van der Waals surface area contributed by atoms with Crippen molar-refractivity contribution in [2.45, 2.75) is 77.2 Å². The first-order valence-corrected chi connectivity index (χ1v) is 22.7. The summed E-state index contributed by atoms with van der Waals surface area (Å²) in [7, 11) is 0. The number of hydrogen-bond acceptors (Lipinski definition) is 11. The van der Waals surface area contributed by atoms with E-state index in [1.807, 2.05) is 24.0 Å². The molecule has 3 N–H and O–H groups in total. The number of carbonyl (C=O) groups excluding carboxylic acids is 5. The highest BCUT2D eigenvalue weighted by atomic mass is 19.4. The van der Waals surface area contributed by atoms with Crippen LogP contribution in [0.25, 0.3) is 16.8 Å². The van der Waals surface area contributed by atoms with Gasteiger partial charge in [0, 0.05) is 65.0 Å². The molecule has 3 aromatic carbocycles. The number of fused-ring (bicyclic) bond motifs is 1. The topological polar surface area (TPSA) is 182 Å². The molecule has 68 heavy (non-hydrogen) atoms. The van der Waals surface area contributed by atoms with Gasteiger partial charge in [-0.15, -0.1) is 0 Å². The number of alkyl halides is 3. The van der Waals surface area contributed by atoms with Gasteiger partial charge >= 0.3 is 6.18 Å². The van der Waals surface area contributed by atoms with Gasteiger partial charge in [0.2, 0.25) is 11.8 Å². The van der Waals surface area contributed by atoms with Crippen molar-refractivity contribution in [2.24, 2.45) is 5.92 Å². The summed E-state index contributed by atoms with van der Waals surface area (Å²) in [5.74, 6) is -3.45. The molecular weight excluding hydrogens is 887 g/mol. The van der Waals surface area contributed by atoms with Gasteiger partial charge in [-0.2, -0.15) is 23.4 Å². The Balaban J connectivity index is 0.719. The minimum absolute atomic E-state index is 0.0115. The summed E-state index contributed by atoms with van der Waals surface area (Å²) in [6, 6.07) is 16.0. The number of piperazine rings is 1. The van der Waals surface area contributed by atoms with Crippen LogP contribution in [0, 0.1) is 18.7 Å². The molecule has 9 rings (SSSR count). The van der Waals surface area contributed by atoms with Crippen LogP contribution in [0.1, 0.15) is 93.4 Å². The number of rotatable bonds is 12. The molecule has 356 valence electrons. The molecule has 0 radical (unpaired) electrons. The minimum Gasteiger partial charge on any atom is -0.369 e. The molecule has 1 atom stereocenters. The fourth-order valence-electron chi connectivity index (χ4n) is 9.34. The third-order valence-electron chi connectivity index (χ3n) is 13.6. The quantitative estimate of drug-likeness (QED) is 0.109. The monoisotopic (exact) mass is 937 g/mol. The van der Waals surface area contributed by atoms with E-state index in [-0.39, 0.29) is 47.6 Å². The highest BCUT2D eigenvalue weighted by Gasteiger charge is 2.51. The second-order valence-electron chi connectivity index (χ2n) is 18.6. The molecule has 0 aliphatic carbocycles. The van der Waals surface area contributed by atoms with Gasteiger partial charge in [0.1, 0.15) is 23.1 Å². The summed E-state index contributed by atoms with van der Waals surface area (Å²) in [6.45, 7) is 10.6. The number of hydrogen-bond donors (Lipinski definition) is 3. The maximum atomic E-state index is 15.5. The van der Waals surface area contributed by atoms with Crippen molar-refractivity contribution in [3.63, 3.8) is 0 Å². The van der Waals surface area contributed by atoms with Crippen molar-refractivity contribution in [2.75, 3.05) is 50.7 Å². The van der Waals surface area contributed by atoms with E-state index in [1.54, 1.807) is 10.9 Å². The number of piperidine rings is 2. The first-order chi connectivity index (χ1) is 32.4. The van der Waals surface area contributed by atoms with E-state index in [4.69, 9.17) is 0 Å². The molecule has 4 aliphatic heterocycles. The molecule has 3 saturated heterocycles. The van der Waals surface area contributed by atoms with E-state index in [9.17, 15) is 37.1 Å². The predicted molar refractivity (Wildman–Crippen MR) is 240 cm³/mol. The number of aryl methyl sites for hydroxylation is 1. The van der Waals surface area contributed by atoms with Gasteiger partial charge in [0.05, 0.1) is 40.8 Å². The zero-order valence-electron chi connectivity index (χ0n) is 37.8. The highest BCUT2D eigenvalue weighted by molar-refractivity contribution is 6.23. The smallest absolute Gasteiger partial charge is 0.369 e. The Morgan fingerprint density at radius 2 is 1.51 bits per heavy atom. The number of aromatic amines is 1. The van der Waals surface area contributed by atoms with Crippen LogP contribution < -0.4 is 15.5 Å². The predicted octanol–water partition coefficient (Wildman–Crippen LogP) is 5.31. The molecular formula is C48H51F4N11O5. The van der Waals surface area contributed by atoms with Crippen LogP contribution in [0.2, 0.25) is 0 Å². The lowest BCUT2D eigenvalue weighted by atomic mass is 9.92. The zero-order chi connectivity index (χ0) is 48.1. The maximum Gasteiger partial charge on any atom is 0.401 e. The molecule has 2 aromatic heterocycles. The highest BCUT2D eigenvalue weighted by Crippen LogP contribution is 2.39. The van der Waals surface area contributed by atoms with Crippen molar-refractivity contribution in [3.05, 3.63) is 112 Å². The molecule has 1 unspecified atom stereocenters. The minimum atomic E-state index is -4.54. The second-order valence-corrected chi connectivity index (χ2v) is 18.6. The lowest BCUT2D eigenvalue weighted by molar-refractivity contribution is -0.182. The second kappa shape index (κ2) is 18.4. The van der Waals surface area contributed by atoms with Gasteiger partial charge in [0.25, 0.3) is 17.7 Å². The maximum absolute atomic E-state index is 15.5. The first-order valence-electron chi connectivity index (χ1n) is 22.7. The Labute approximate surface area is 389 Å². The molecule has 3 fully saturated rings. The molecule has 6 heterocycles. The lowest BCUT2D eigenvalue weighted by Crippen LogP contribution is -2.54. The van der Waals surface area contributed by atoms with Gasteiger partial charge in [0.15, 0.2) is 5.82 Å². The van der Waals surface area contributed by atoms with E-state index in [0.717, 1.165) is 99.3 Å². The zero-order valence-corrected chi connectivity index (χ0v) is 37.8. The van der Waals surface area contributed by atoms with Crippen LogP contribution in [-0.4, -0.2) is 127 Å². The number of imide groups is 2. The third kappa shape index (κ3) is 9.25. The van der Waals surface area contributed by atoms with Crippen molar-refractivity contribution < 1.29 is 41.5 Å². The fraction of sp³-hybridized carbons (Fsp3) is 0.417. The van der Waals surface area contributed by atoms with E-state index in [0.29, 0.717) is 19.0 Å². The molecule has 16 nitrogen and oxygen atoms in total. The van der Waals surface area contributed by atoms with Crippen LogP contribution in [0.15, 0.2) is 67.0 Å². The molecule has 20 heteroatoms. The molecule has 5 aromatic rings. The van der Waals surface area contributed by atoms with Gasteiger partial charge in [-0.25, -0.2) is 14.1 Å². The number of H-pyrrole nitrogens is 1. The number of halogens is 4. The summed E-state index contributed by atoms with van der Waals surface area (Å²) < 4.78 is 57.3. The van der Waals surface area contributed by atoms with Crippen LogP contribution in [0.3, 0.4) is 0 Å². The van der Waals surface area contributed by atoms with E-state index in [2.05, 4.69) is 71.0 Å². The van der Waals surface area contributed by atoms with Crippen molar-refractivity contribution in [1.82, 2.24) is 50.3 Å². The standard InChI is InChI=1S/C48H51F4N11O5/c1-28-20-32(8-9-37(28)62-27-33(23-54-62)42(65)53-24-40-55-46(58-57-40)47(2,3)48(50,51)52)31-6-4-29(5-7-31)25-59-16-18-60(19-17-59)26-30-12-14-61(15-13-30)39-22-35-34(21-36(39)49)44(67)63(45(35)68)38-10-11-41(64)56-43(38)66/h4-9,20-23,27,30,38H,10-19,24-26H2,1-3H3,(H,53,65)(H,55,57,58)(H,56,64,66). The fourth-order valence-corrected chi connectivity index (χ4v) is 9.34. The largest absolute Gasteiger partial charge is 0.401 e.